The number of nitrogens with two attached hydrogens (primary N) is 3. The molecule has 12 N–H and O–H groups in total. The molecule has 0 aromatic carbocycles. The molecular weight excluding hydrogens is 486 g/mol. The van der Waals surface area contributed by atoms with Gasteiger partial charge in [0, 0.05) is 43.2 Å². The lowest BCUT2D eigenvalue weighted by atomic mass is 10.1. The summed E-state index contributed by atoms with van der Waals surface area (Å²) in [6.45, 7) is 1.61. The molecule has 0 aliphatic heterocycles. The maximum Gasteiger partial charge on any atom is 0.326 e. The molecule has 0 bridgehead atoms. The number of carbonyl (C=O) groups excluding carboxylic acids is 3. The molecule has 202 valence electrons. The van der Waals surface area contributed by atoms with Crippen LogP contribution >= 0.6 is 0 Å². The van der Waals surface area contributed by atoms with Gasteiger partial charge in [0.15, 0.2) is 5.96 Å². The standard InChI is InChI=1S/C21H33N11O5/c1-11(17(33)32-16(20(36)37)6-13-8-26-10-29-13)30-19(35)15(3-2-4-27-21(23)24)31-18(34)14(22)5-12-7-25-9-28-12/h7-11,14-16H,2-6,22H2,1H3,(H,25,28)(H,26,29)(H,30,35)(H,31,34)(H,32,33)(H,36,37)(H4,23,24,27). The van der Waals surface area contributed by atoms with Crippen molar-refractivity contribution < 1.29 is 24.3 Å². The van der Waals surface area contributed by atoms with Crippen LogP contribution in [0.4, 0.5) is 0 Å². The SMILES string of the molecule is CC(NC(=O)C(CCCN=C(N)N)NC(=O)C(N)Cc1cnc[nH]1)C(=O)NC(Cc1cnc[nH]1)C(=O)O. The van der Waals surface area contributed by atoms with Crippen LogP contribution in [0.5, 0.6) is 0 Å². The van der Waals surface area contributed by atoms with Crippen LogP contribution in [0.15, 0.2) is 30.0 Å². The van der Waals surface area contributed by atoms with Crippen molar-refractivity contribution in [2.75, 3.05) is 6.54 Å². The van der Waals surface area contributed by atoms with Crippen molar-refractivity contribution in [3.8, 4) is 0 Å². The molecule has 3 amide bonds. The summed E-state index contributed by atoms with van der Waals surface area (Å²) in [4.78, 5) is 66.9. The Hall–Kier alpha value is -4.47. The fourth-order valence-electron chi connectivity index (χ4n) is 3.27. The summed E-state index contributed by atoms with van der Waals surface area (Å²) >= 11 is 0. The summed E-state index contributed by atoms with van der Waals surface area (Å²) in [5.41, 5.74) is 17.8. The van der Waals surface area contributed by atoms with Crippen LogP contribution in [0.2, 0.25) is 0 Å². The van der Waals surface area contributed by atoms with Crippen LogP contribution in [0.25, 0.3) is 0 Å². The summed E-state index contributed by atoms with van der Waals surface area (Å²) in [7, 11) is 0. The predicted octanol–water partition coefficient (Wildman–Crippen LogP) is -3.14. The van der Waals surface area contributed by atoms with Crippen LogP contribution in [0.3, 0.4) is 0 Å². The van der Waals surface area contributed by atoms with Crippen molar-refractivity contribution in [2.24, 2.45) is 22.2 Å². The topological polar surface area (TPSA) is 272 Å². The van der Waals surface area contributed by atoms with E-state index in [9.17, 15) is 24.3 Å². The zero-order chi connectivity index (χ0) is 27.4. The highest BCUT2D eigenvalue weighted by Gasteiger charge is 2.28. The first-order valence-corrected chi connectivity index (χ1v) is 11.5. The highest BCUT2D eigenvalue weighted by molar-refractivity contribution is 5.94. The number of rotatable bonds is 15. The molecule has 37 heavy (non-hydrogen) atoms. The van der Waals surface area contributed by atoms with E-state index in [1.54, 1.807) is 0 Å². The minimum Gasteiger partial charge on any atom is -0.480 e. The molecule has 2 rings (SSSR count). The zero-order valence-electron chi connectivity index (χ0n) is 20.3. The largest absolute Gasteiger partial charge is 0.480 e. The van der Waals surface area contributed by atoms with Crippen LogP contribution < -0.4 is 33.2 Å². The lowest BCUT2D eigenvalue weighted by Gasteiger charge is -2.23. The number of aromatic nitrogens is 4. The molecule has 2 aromatic heterocycles. The number of aliphatic imine (C=N–C) groups is 1. The Morgan fingerprint density at radius 1 is 0.946 bits per heavy atom. The third-order valence-electron chi connectivity index (χ3n) is 5.26. The second-order valence-corrected chi connectivity index (χ2v) is 8.31. The molecule has 0 aliphatic rings. The summed E-state index contributed by atoms with van der Waals surface area (Å²) < 4.78 is 0. The highest BCUT2D eigenvalue weighted by atomic mass is 16.4. The van der Waals surface area contributed by atoms with E-state index in [0.717, 1.165) is 0 Å². The predicted molar refractivity (Wildman–Crippen MR) is 132 cm³/mol. The quantitative estimate of drug-likeness (QED) is 0.0647. The van der Waals surface area contributed by atoms with Crippen LogP contribution in [0.1, 0.15) is 31.2 Å². The smallest absolute Gasteiger partial charge is 0.326 e. The molecule has 0 fully saturated rings. The van der Waals surface area contributed by atoms with Crippen molar-refractivity contribution >= 4 is 29.7 Å². The fourth-order valence-corrected chi connectivity index (χ4v) is 3.27. The van der Waals surface area contributed by atoms with Gasteiger partial charge in [0.2, 0.25) is 17.7 Å². The number of carboxylic acid groups (broad SMARTS) is 1. The average molecular weight is 520 g/mol. The lowest BCUT2D eigenvalue weighted by molar-refractivity contribution is -0.142. The maximum atomic E-state index is 13.0. The molecule has 16 nitrogen and oxygen atoms in total. The number of guanidine groups is 1. The number of hydrogen-bond donors (Lipinski definition) is 9. The Labute approximate surface area is 212 Å². The zero-order valence-corrected chi connectivity index (χ0v) is 20.3. The van der Waals surface area contributed by atoms with E-state index < -0.39 is 47.9 Å². The molecule has 0 saturated heterocycles. The summed E-state index contributed by atoms with van der Waals surface area (Å²) in [5, 5.41) is 16.9. The monoisotopic (exact) mass is 519 g/mol. The lowest BCUT2D eigenvalue weighted by Crippen LogP contribution is -2.56. The van der Waals surface area contributed by atoms with E-state index in [0.29, 0.717) is 17.8 Å². The Morgan fingerprint density at radius 3 is 2.08 bits per heavy atom. The van der Waals surface area contributed by atoms with E-state index in [1.165, 1.54) is 32.0 Å². The van der Waals surface area contributed by atoms with Crippen molar-refractivity contribution in [3.63, 3.8) is 0 Å². The molecule has 2 aromatic rings. The Kier molecular flexibility index (Phi) is 11.0. The minimum absolute atomic E-state index is 0.0283. The third kappa shape index (κ3) is 9.96. The highest BCUT2D eigenvalue weighted by Crippen LogP contribution is 2.04. The van der Waals surface area contributed by atoms with Gasteiger partial charge in [-0.3, -0.25) is 19.4 Å². The van der Waals surface area contributed by atoms with Crippen LogP contribution in [0, 0.1) is 0 Å². The van der Waals surface area contributed by atoms with Gasteiger partial charge in [-0.05, 0) is 19.8 Å². The summed E-state index contributed by atoms with van der Waals surface area (Å²) in [5.74, 6) is -3.33. The molecule has 4 atom stereocenters. The number of hydrogen-bond acceptors (Lipinski definition) is 8. The maximum absolute atomic E-state index is 13.0. The molecule has 4 unspecified atom stereocenters. The van der Waals surface area contributed by atoms with E-state index in [4.69, 9.17) is 17.2 Å². The Balaban J connectivity index is 2.00. The van der Waals surface area contributed by atoms with Crippen molar-refractivity contribution in [3.05, 3.63) is 36.4 Å². The third-order valence-corrected chi connectivity index (χ3v) is 5.26. The number of amides is 3. The van der Waals surface area contributed by atoms with Gasteiger partial charge in [-0.15, -0.1) is 0 Å². The minimum atomic E-state index is -1.25. The van der Waals surface area contributed by atoms with E-state index in [-0.39, 0.29) is 31.8 Å². The van der Waals surface area contributed by atoms with E-state index in [1.807, 2.05) is 0 Å². The molecule has 0 saturated carbocycles. The molecule has 2 heterocycles. The fraction of sp³-hybridized carbons (Fsp3) is 0.476. The average Bonchev–Trinajstić information content (AvgIpc) is 3.54. The normalized spacial score (nSPS) is 14.0. The summed E-state index contributed by atoms with van der Waals surface area (Å²) in [6, 6.07) is -4.37. The first-order valence-electron chi connectivity index (χ1n) is 11.5. The van der Waals surface area contributed by atoms with Gasteiger partial charge in [-0.1, -0.05) is 0 Å². The van der Waals surface area contributed by atoms with Gasteiger partial charge in [0.1, 0.15) is 18.1 Å². The number of aromatic amines is 2. The summed E-state index contributed by atoms with van der Waals surface area (Å²) in [6.07, 6.45) is 6.45. The molecule has 16 heteroatoms. The van der Waals surface area contributed by atoms with Gasteiger partial charge >= 0.3 is 5.97 Å². The number of carboxylic acids is 1. The number of H-pyrrole nitrogens is 2. The first-order chi connectivity index (χ1) is 17.6. The number of imidazole rings is 2. The van der Waals surface area contributed by atoms with Gasteiger partial charge < -0.3 is 48.2 Å². The molecular formula is C21H33N11O5. The van der Waals surface area contributed by atoms with Crippen molar-refractivity contribution in [2.45, 2.75) is 56.8 Å². The van der Waals surface area contributed by atoms with Crippen LogP contribution in [-0.4, -0.2) is 85.4 Å². The van der Waals surface area contributed by atoms with Gasteiger partial charge in [0.25, 0.3) is 0 Å². The second kappa shape index (κ2) is 14.2. The Bertz CT molecular complexity index is 1050. The van der Waals surface area contributed by atoms with E-state index >= 15 is 0 Å². The van der Waals surface area contributed by atoms with Crippen molar-refractivity contribution in [1.29, 1.82) is 0 Å². The Morgan fingerprint density at radius 2 is 1.54 bits per heavy atom. The number of carbonyl (C=O) groups is 4. The molecule has 0 aliphatic carbocycles. The van der Waals surface area contributed by atoms with Crippen molar-refractivity contribution in [1.82, 2.24) is 35.9 Å². The van der Waals surface area contributed by atoms with Gasteiger partial charge in [0.05, 0.1) is 18.7 Å². The molecule has 0 spiro atoms. The van der Waals surface area contributed by atoms with Crippen LogP contribution in [-0.2, 0) is 32.0 Å². The van der Waals surface area contributed by atoms with Gasteiger partial charge in [-0.25, -0.2) is 14.8 Å². The number of nitrogens with one attached hydrogen (secondary N) is 5. The number of nitrogens with zero attached hydrogens (tertiary/aromatic N) is 3. The molecule has 0 radical (unpaired) electrons. The second-order valence-electron chi connectivity index (χ2n) is 8.31. The first kappa shape index (κ1) is 28.8. The number of aliphatic carboxylic acids is 1. The van der Waals surface area contributed by atoms with E-state index in [2.05, 4.69) is 40.9 Å². The van der Waals surface area contributed by atoms with Gasteiger partial charge in [-0.2, -0.15) is 0 Å².